The maximum absolute atomic E-state index is 12.0. The molecular weight excluding hydrogens is 322 g/mol. The van der Waals surface area contributed by atoms with Crippen LogP contribution in [0.2, 0.25) is 0 Å². The molecule has 0 N–H and O–H groups in total. The molecule has 0 radical (unpaired) electrons. The van der Waals surface area contributed by atoms with Crippen LogP contribution in [0.4, 0.5) is 0 Å². The Hall–Kier alpha value is -2.22. The van der Waals surface area contributed by atoms with Gasteiger partial charge in [0.05, 0.1) is 20.0 Å². The molecule has 0 saturated carbocycles. The lowest BCUT2D eigenvalue weighted by molar-refractivity contribution is -0.146. The summed E-state index contributed by atoms with van der Waals surface area (Å²) in [6, 6.07) is 5.04. The van der Waals surface area contributed by atoms with E-state index in [2.05, 4.69) is 4.74 Å². The number of hydrogen-bond donors (Lipinski definition) is 0. The van der Waals surface area contributed by atoms with Gasteiger partial charge in [-0.15, -0.1) is 11.8 Å². The summed E-state index contributed by atoms with van der Waals surface area (Å²) in [5.74, 6) is -0.0832. The van der Waals surface area contributed by atoms with Gasteiger partial charge >= 0.3 is 11.9 Å². The van der Waals surface area contributed by atoms with Gasteiger partial charge in [-0.1, -0.05) is 6.07 Å². The molecule has 2 rings (SSSR count). The van der Waals surface area contributed by atoms with E-state index < -0.39 is 11.9 Å². The lowest BCUT2D eigenvalue weighted by Crippen LogP contribution is -2.34. The first-order valence-corrected chi connectivity index (χ1v) is 7.85. The number of nitrogens with zero attached hydrogens (tertiary/aromatic N) is 1. The molecule has 1 unspecified atom stereocenters. The van der Waals surface area contributed by atoms with Crippen LogP contribution < -0.4 is 9.47 Å². The Kier molecular flexibility index (Phi) is 5.49. The zero-order valence-corrected chi connectivity index (χ0v) is 13.8. The van der Waals surface area contributed by atoms with Crippen LogP contribution >= 0.6 is 11.8 Å². The third kappa shape index (κ3) is 3.95. The van der Waals surface area contributed by atoms with Gasteiger partial charge < -0.3 is 19.1 Å². The Bertz CT molecular complexity index is 632. The summed E-state index contributed by atoms with van der Waals surface area (Å²) in [5, 5.41) is -0.318. The molecule has 0 aliphatic carbocycles. The van der Waals surface area contributed by atoms with Crippen LogP contribution in [0.3, 0.4) is 0 Å². The van der Waals surface area contributed by atoms with Crippen molar-refractivity contribution in [3.63, 3.8) is 0 Å². The Balaban J connectivity index is 2.27. The Morgan fingerprint density at radius 1 is 1.30 bits per heavy atom. The normalized spacial score (nSPS) is 17.1. The van der Waals surface area contributed by atoms with Gasteiger partial charge in [0.15, 0.2) is 11.5 Å². The van der Waals surface area contributed by atoms with Crippen LogP contribution in [0, 0.1) is 0 Å². The fraction of sp³-hybridized carbons (Fsp3) is 0.400. The molecule has 1 heterocycles. The summed E-state index contributed by atoms with van der Waals surface area (Å²) in [5.41, 5.74) is 0.775. The van der Waals surface area contributed by atoms with E-state index in [0.717, 1.165) is 5.56 Å². The van der Waals surface area contributed by atoms with Crippen LogP contribution in [-0.2, 0) is 19.1 Å². The lowest BCUT2D eigenvalue weighted by atomic mass is 10.1. The minimum atomic E-state index is -0.477. The molecular formula is C15H17NO6S. The monoisotopic (exact) mass is 339 g/mol. The standard InChI is InChI=1S/C15H17NO6S/c1-9(17)22-11-5-4-10(6-12(11)20-2)15-16(7-14(19)21-3)13(18)8-23-15/h4-6,15H,7-8H2,1-3H3. The molecule has 1 amide bonds. The first kappa shape index (κ1) is 17.1. The van der Waals surface area contributed by atoms with E-state index >= 15 is 0 Å². The van der Waals surface area contributed by atoms with E-state index in [4.69, 9.17) is 9.47 Å². The highest BCUT2D eigenvalue weighted by atomic mass is 32.2. The smallest absolute Gasteiger partial charge is 0.325 e. The van der Waals surface area contributed by atoms with Crippen molar-refractivity contribution in [2.45, 2.75) is 12.3 Å². The lowest BCUT2D eigenvalue weighted by Gasteiger charge is -2.23. The number of methoxy groups -OCH3 is 2. The fourth-order valence-corrected chi connectivity index (χ4v) is 3.36. The van der Waals surface area contributed by atoms with Gasteiger partial charge in [0.25, 0.3) is 0 Å². The molecule has 1 fully saturated rings. The molecule has 0 bridgehead atoms. The molecule has 0 spiro atoms. The van der Waals surface area contributed by atoms with Crippen molar-refractivity contribution < 1.29 is 28.6 Å². The second-order valence-electron chi connectivity index (χ2n) is 4.77. The van der Waals surface area contributed by atoms with E-state index in [1.807, 2.05) is 0 Å². The zero-order chi connectivity index (χ0) is 17.0. The average molecular weight is 339 g/mol. The number of ether oxygens (including phenoxy) is 3. The van der Waals surface area contributed by atoms with Crippen molar-refractivity contribution in [1.82, 2.24) is 4.90 Å². The number of thioether (sulfide) groups is 1. The number of carbonyl (C=O) groups excluding carboxylic acids is 3. The van der Waals surface area contributed by atoms with Crippen LogP contribution in [0.1, 0.15) is 17.9 Å². The minimum Gasteiger partial charge on any atom is -0.493 e. The second-order valence-corrected chi connectivity index (χ2v) is 5.83. The summed E-state index contributed by atoms with van der Waals surface area (Å²) < 4.78 is 14.9. The first-order chi connectivity index (χ1) is 11.0. The Labute approximate surface area is 137 Å². The van der Waals surface area contributed by atoms with Crippen molar-refractivity contribution in [2.75, 3.05) is 26.5 Å². The van der Waals surface area contributed by atoms with Crippen molar-refractivity contribution in [3.8, 4) is 11.5 Å². The van der Waals surface area contributed by atoms with Gasteiger partial charge in [0.2, 0.25) is 5.91 Å². The van der Waals surface area contributed by atoms with Crippen molar-refractivity contribution in [3.05, 3.63) is 23.8 Å². The van der Waals surface area contributed by atoms with E-state index in [1.165, 1.54) is 37.8 Å². The second kappa shape index (κ2) is 7.36. The third-order valence-corrected chi connectivity index (χ3v) is 4.48. The number of esters is 2. The first-order valence-electron chi connectivity index (χ1n) is 6.80. The molecule has 1 aliphatic rings. The van der Waals surface area contributed by atoms with Gasteiger partial charge in [0, 0.05) is 6.92 Å². The van der Waals surface area contributed by atoms with E-state index in [1.54, 1.807) is 18.2 Å². The molecule has 124 valence electrons. The summed E-state index contributed by atoms with van der Waals surface area (Å²) >= 11 is 1.41. The predicted molar refractivity (Wildman–Crippen MR) is 83.2 cm³/mol. The van der Waals surface area contributed by atoms with Crippen molar-refractivity contribution >= 4 is 29.6 Å². The molecule has 8 heteroatoms. The molecule has 7 nitrogen and oxygen atoms in total. The van der Waals surface area contributed by atoms with Gasteiger partial charge in [-0.2, -0.15) is 0 Å². The summed E-state index contributed by atoms with van der Waals surface area (Å²) in [6.45, 7) is 1.19. The van der Waals surface area contributed by atoms with E-state index in [9.17, 15) is 14.4 Å². The molecule has 1 atom stereocenters. The van der Waals surface area contributed by atoms with Crippen molar-refractivity contribution in [2.24, 2.45) is 0 Å². The number of amides is 1. The van der Waals surface area contributed by atoms with Crippen molar-refractivity contribution in [1.29, 1.82) is 0 Å². The third-order valence-electron chi connectivity index (χ3n) is 3.22. The topological polar surface area (TPSA) is 82.1 Å². The van der Waals surface area contributed by atoms with Gasteiger partial charge in [0.1, 0.15) is 11.9 Å². The van der Waals surface area contributed by atoms with Crippen LogP contribution in [0.15, 0.2) is 18.2 Å². The number of carbonyl (C=O) groups is 3. The van der Waals surface area contributed by atoms with Gasteiger partial charge in [-0.3, -0.25) is 14.4 Å². The maximum atomic E-state index is 12.0. The SMILES string of the molecule is COC(=O)CN1C(=O)CSC1c1ccc(OC(C)=O)c(OC)c1. The van der Waals surface area contributed by atoms with E-state index in [-0.39, 0.29) is 23.6 Å². The van der Waals surface area contributed by atoms with Crippen LogP contribution in [-0.4, -0.2) is 49.3 Å². The molecule has 0 aromatic heterocycles. The minimum absolute atomic E-state index is 0.110. The average Bonchev–Trinajstić information content (AvgIpc) is 2.88. The highest BCUT2D eigenvalue weighted by molar-refractivity contribution is 8.00. The molecule has 1 aliphatic heterocycles. The highest BCUT2D eigenvalue weighted by Gasteiger charge is 2.34. The van der Waals surface area contributed by atoms with Crippen LogP contribution in [0.25, 0.3) is 0 Å². The molecule has 1 aromatic rings. The number of hydrogen-bond acceptors (Lipinski definition) is 7. The highest BCUT2D eigenvalue weighted by Crippen LogP contribution is 2.41. The quantitative estimate of drug-likeness (QED) is 0.592. The van der Waals surface area contributed by atoms with Gasteiger partial charge in [-0.05, 0) is 17.7 Å². The molecule has 1 aromatic carbocycles. The van der Waals surface area contributed by atoms with E-state index in [0.29, 0.717) is 11.5 Å². The van der Waals surface area contributed by atoms with Crippen LogP contribution in [0.5, 0.6) is 11.5 Å². The fourth-order valence-electron chi connectivity index (χ4n) is 2.18. The summed E-state index contributed by atoms with van der Waals surface area (Å²) in [4.78, 5) is 36.0. The summed E-state index contributed by atoms with van der Waals surface area (Å²) in [6.07, 6.45) is 0. The Morgan fingerprint density at radius 3 is 2.65 bits per heavy atom. The zero-order valence-electron chi connectivity index (χ0n) is 13.0. The summed E-state index contributed by atoms with van der Waals surface area (Å²) in [7, 11) is 2.74. The largest absolute Gasteiger partial charge is 0.493 e. The maximum Gasteiger partial charge on any atom is 0.325 e. The predicted octanol–water partition coefficient (Wildman–Crippen LogP) is 1.37. The van der Waals surface area contributed by atoms with Gasteiger partial charge in [-0.25, -0.2) is 0 Å². The number of rotatable bonds is 5. The Morgan fingerprint density at radius 2 is 2.04 bits per heavy atom. The number of benzene rings is 1. The molecule has 23 heavy (non-hydrogen) atoms. The molecule has 1 saturated heterocycles.